The average molecular weight is 704 g/mol. The van der Waals surface area contributed by atoms with Crippen molar-refractivity contribution >= 4 is 79.1 Å². The van der Waals surface area contributed by atoms with Crippen LogP contribution in [0.3, 0.4) is 0 Å². The van der Waals surface area contributed by atoms with Gasteiger partial charge in [-0.15, -0.1) is 0 Å². The third kappa shape index (κ3) is 5.35. The van der Waals surface area contributed by atoms with Crippen molar-refractivity contribution < 1.29 is 18.7 Å². The fraction of sp³-hybridized carbons (Fsp3) is 0.0435. The highest BCUT2D eigenvalue weighted by Gasteiger charge is 2.26. The molecule has 8 heteroatoms. The minimum atomic E-state index is -0.613. The number of ether oxygens (including phenoxy) is 2. The summed E-state index contributed by atoms with van der Waals surface area (Å²) in [6, 6.07) is 17.8. The van der Waals surface area contributed by atoms with Crippen molar-refractivity contribution in [1.29, 1.82) is 0 Å². The molecule has 0 bridgehead atoms. The lowest BCUT2D eigenvalue weighted by molar-refractivity contribution is -0.129. The summed E-state index contributed by atoms with van der Waals surface area (Å²) in [6.07, 6.45) is 1.62. The first-order valence-corrected chi connectivity index (χ1v) is 12.0. The normalized spacial score (nSPS) is 14.5. The van der Waals surface area contributed by atoms with Crippen LogP contribution in [0.25, 0.3) is 6.08 Å². The first-order valence-electron chi connectivity index (χ1n) is 9.04. The Balaban J connectivity index is 1.57. The number of aliphatic imine (C=N–C) groups is 1. The van der Waals surface area contributed by atoms with E-state index in [1.54, 1.807) is 18.2 Å². The standard InChI is InChI=1S/C23H13BrFI2NO3/c24-15-5-3-4-13(8-15)12-30-21-18(26)9-14(10-19(21)27)11-20-23(29)31-22(28-20)16-6-1-2-7-17(16)25/h1-11H,12H2/b20-11-. The van der Waals surface area contributed by atoms with Crippen LogP contribution in [0.2, 0.25) is 0 Å². The number of carbonyl (C=O) groups excluding carboxylic acids is 1. The summed E-state index contributed by atoms with van der Waals surface area (Å²) in [5, 5.41) is 0. The van der Waals surface area contributed by atoms with Gasteiger partial charge >= 0.3 is 5.97 Å². The predicted octanol–water partition coefficient (Wildman–Crippen LogP) is 6.72. The van der Waals surface area contributed by atoms with Crippen LogP contribution in [0.1, 0.15) is 16.7 Å². The zero-order chi connectivity index (χ0) is 22.0. The Kier molecular flexibility index (Phi) is 7.07. The van der Waals surface area contributed by atoms with E-state index in [-0.39, 0.29) is 17.2 Å². The lowest BCUT2D eigenvalue weighted by atomic mass is 10.2. The van der Waals surface area contributed by atoms with Gasteiger partial charge in [0.05, 0.1) is 12.7 Å². The van der Waals surface area contributed by atoms with E-state index in [2.05, 4.69) is 66.1 Å². The molecule has 0 unspecified atom stereocenters. The van der Waals surface area contributed by atoms with Gasteiger partial charge in [0.25, 0.3) is 0 Å². The topological polar surface area (TPSA) is 47.9 Å². The minimum absolute atomic E-state index is 0.0345. The number of hydrogen-bond donors (Lipinski definition) is 0. The Bertz CT molecular complexity index is 1220. The van der Waals surface area contributed by atoms with Crippen LogP contribution in [0.15, 0.2) is 75.8 Å². The molecule has 0 aliphatic carbocycles. The van der Waals surface area contributed by atoms with Crippen molar-refractivity contribution in [3.05, 3.63) is 100 Å². The highest BCUT2D eigenvalue weighted by Crippen LogP contribution is 2.31. The van der Waals surface area contributed by atoms with Crippen molar-refractivity contribution in [2.45, 2.75) is 6.61 Å². The van der Waals surface area contributed by atoms with Gasteiger partial charge in [-0.3, -0.25) is 0 Å². The van der Waals surface area contributed by atoms with Crippen LogP contribution in [-0.2, 0) is 16.1 Å². The van der Waals surface area contributed by atoms with Gasteiger partial charge in [0.1, 0.15) is 18.2 Å². The number of nitrogens with zero attached hydrogens (tertiary/aromatic N) is 1. The Hall–Kier alpha value is -1.79. The zero-order valence-electron chi connectivity index (χ0n) is 15.7. The molecule has 0 spiro atoms. The SMILES string of the molecule is O=C1OC(c2ccccc2F)=N/C1=C\c1cc(I)c(OCc2cccc(Br)c2)c(I)c1. The molecule has 0 aromatic heterocycles. The van der Waals surface area contributed by atoms with E-state index >= 15 is 0 Å². The molecule has 4 rings (SSSR count). The first kappa shape index (κ1) is 22.4. The first-order chi connectivity index (χ1) is 14.9. The van der Waals surface area contributed by atoms with Crippen molar-refractivity contribution in [2.24, 2.45) is 4.99 Å². The molecule has 1 aliphatic heterocycles. The van der Waals surface area contributed by atoms with E-state index in [1.807, 2.05) is 36.4 Å². The summed E-state index contributed by atoms with van der Waals surface area (Å²) in [6.45, 7) is 0.439. The molecule has 3 aromatic carbocycles. The van der Waals surface area contributed by atoms with E-state index < -0.39 is 11.8 Å². The molecule has 4 nitrogen and oxygen atoms in total. The maximum atomic E-state index is 14.0. The number of halogens is 4. The summed E-state index contributed by atoms with van der Waals surface area (Å²) < 4.78 is 28.0. The Morgan fingerprint density at radius 2 is 1.81 bits per heavy atom. The van der Waals surface area contributed by atoms with Crippen molar-refractivity contribution in [1.82, 2.24) is 0 Å². The monoisotopic (exact) mass is 703 g/mol. The summed E-state index contributed by atoms with van der Waals surface area (Å²) >= 11 is 7.86. The molecule has 0 radical (unpaired) electrons. The smallest absolute Gasteiger partial charge is 0.363 e. The Morgan fingerprint density at radius 1 is 1.06 bits per heavy atom. The summed E-state index contributed by atoms with van der Waals surface area (Å²) in [7, 11) is 0. The molecule has 3 aromatic rings. The quantitative estimate of drug-likeness (QED) is 0.169. The van der Waals surface area contributed by atoms with Gasteiger partial charge in [-0.1, -0.05) is 40.2 Å². The van der Waals surface area contributed by atoms with Gasteiger partial charge in [0.2, 0.25) is 5.90 Å². The lowest BCUT2D eigenvalue weighted by Gasteiger charge is -2.12. The van der Waals surface area contributed by atoms with Crippen LogP contribution in [0.4, 0.5) is 4.39 Å². The molecule has 0 N–H and O–H groups in total. The van der Waals surface area contributed by atoms with Crippen LogP contribution in [-0.4, -0.2) is 11.9 Å². The zero-order valence-corrected chi connectivity index (χ0v) is 21.6. The predicted molar refractivity (Wildman–Crippen MR) is 137 cm³/mol. The van der Waals surface area contributed by atoms with Gasteiger partial charge in [-0.25, -0.2) is 14.2 Å². The molecular weight excluding hydrogens is 691 g/mol. The van der Waals surface area contributed by atoms with Gasteiger partial charge in [0.15, 0.2) is 5.70 Å². The van der Waals surface area contributed by atoms with Crippen molar-refractivity contribution in [3.8, 4) is 5.75 Å². The number of benzene rings is 3. The molecule has 156 valence electrons. The van der Waals surface area contributed by atoms with E-state index in [4.69, 9.17) is 9.47 Å². The molecule has 1 heterocycles. The highest BCUT2D eigenvalue weighted by molar-refractivity contribution is 14.1. The number of hydrogen-bond acceptors (Lipinski definition) is 4. The van der Waals surface area contributed by atoms with Gasteiger partial charge < -0.3 is 9.47 Å². The molecule has 0 saturated carbocycles. The second-order valence-corrected chi connectivity index (χ2v) is 9.79. The van der Waals surface area contributed by atoms with Crippen LogP contribution in [0.5, 0.6) is 5.75 Å². The van der Waals surface area contributed by atoms with Crippen molar-refractivity contribution in [3.63, 3.8) is 0 Å². The number of cyclic esters (lactones) is 1. The fourth-order valence-electron chi connectivity index (χ4n) is 2.90. The second-order valence-electron chi connectivity index (χ2n) is 6.55. The lowest BCUT2D eigenvalue weighted by Crippen LogP contribution is -2.07. The van der Waals surface area contributed by atoms with Gasteiger partial charge in [0, 0.05) is 4.47 Å². The number of carbonyl (C=O) groups is 1. The molecule has 0 fully saturated rings. The minimum Gasteiger partial charge on any atom is -0.487 e. The fourth-order valence-corrected chi connectivity index (χ4v) is 5.47. The average Bonchev–Trinajstić information content (AvgIpc) is 3.08. The maximum Gasteiger partial charge on any atom is 0.363 e. The van der Waals surface area contributed by atoms with Crippen molar-refractivity contribution in [2.75, 3.05) is 0 Å². The van der Waals surface area contributed by atoms with Crippen LogP contribution >= 0.6 is 61.1 Å². The van der Waals surface area contributed by atoms with E-state index in [0.717, 1.165) is 28.5 Å². The summed E-state index contributed by atoms with van der Waals surface area (Å²) in [5.74, 6) is -0.370. The van der Waals surface area contributed by atoms with Crippen LogP contribution < -0.4 is 4.74 Å². The van der Waals surface area contributed by atoms with Crippen LogP contribution in [0, 0.1) is 13.0 Å². The summed E-state index contributed by atoms with van der Waals surface area (Å²) in [4.78, 5) is 16.4. The third-order valence-corrected chi connectivity index (χ3v) is 6.42. The third-order valence-electron chi connectivity index (χ3n) is 4.32. The molecule has 0 atom stereocenters. The van der Waals surface area contributed by atoms with E-state index in [0.29, 0.717) is 6.61 Å². The largest absolute Gasteiger partial charge is 0.487 e. The number of esters is 1. The second kappa shape index (κ2) is 9.78. The molecule has 31 heavy (non-hydrogen) atoms. The summed E-state index contributed by atoms with van der Waals surface area (Å²) in [5.41, 5.74) is 2.09. The van der Waals surface area contributed by atoms with E-state index in [9.17, 15) is 9.18 Å². The molecule has 0 saturated heterocycles. The number of rotatable bonds is 5. The van der Waals surface area contributed by atoms with Gasteiger partial charge in [-0.2, -0.15) is 0 Å². The van der Waals surface area contributed by atoms with Gasteiger partial charge in [-0.05, 0) is 98.8 Å². The Morgan fingerprint density at radius 3 is 2.52 bits per heavy atom. The molecular formula is C23H13BrFI2NO3. The van der Waals surface area contributed by atoms with E-state index in [1.165, 1.54) is 12.1 Å². The molecule has 1 aliphatic rings. The molecule has 0 amide bonds. The Labute approximate surface area is 214 Å². The maximum absolute atomic E-state index is 14.0. The highest BCUT2D eigenvalue weighted by atomic mass is 127.